The zero-order valence-electron chi connectivity index (χ0n) is 13.9. The first kappa shape index (κ1) is 16.3. The minimum Gasteiger partial charge on any atom is -0.460 e. The van der Waals surface area contributed by atoms with Crippen LogP contribution in [0.4, 0.5) is 0 Å². The van der Waals surface area contributed by atoms with E-state index in [1.165, 1.54) is 0 Å². The van der Waals surface area contributed by atoms with Gasteiger partial charge in [0.2, 0.25) is 5.82 Å². The smallest absolute Gasteiger partial charge is 0.317 e. The van der Waals surface area contributed by atoms with E-state index in [1.807, 2.05) is 19.9 Å². The minimum atomic E-state index is -0.224. The minimum absolute atomic E-state index is 0.0901. The van der Waals surface area contributed by atoms with Gasteiger partial charge in [-0.15, -0.1) is 0 Å². The van der Waals surface area contributed by atoms with E-state index in [9.17, 15) is 4.79 Å². The topological polar surface area (TPSA) is 89.9 Å². The van der Waals surface area contributed by atoms with Gasteiger partial charge in [-0.2, -0.15) is 0 Å². The van der Waals surface area contributed by atoms with Crippen LogP contribution in [-0.4, -0.2) is 38.0 Å². The van der Waals surface area contributed by atoms with E-state index in [0.717, 1.165) is 37.1 Å². The summed E-state index contributed by atoms with van der Waals surface area (Å²) in [5, 5.41) is 2.99. The largest absolute Gasteiger partial charge is 0.460 e. The van der Waals surface area contributed by atoms with Gasteiger partial charge in [-0.05, 0) is 51.7 Å². The van der Waals surface area contributed by atoms with Crippen LogP contribution in [0.2, 0.25) is 0 Å². The van der Waals surface area contributed by atoms with Gasteiger partial charge in [0.15, 0.2) is 0 Å². The molecule has 0 radical (unpaired) electrons. The number of nitrogens with one attached hydrogen (secondary N) is 1. The van der Waals surface area contributed by atoms with E-state index in [0.29, 0.717) is 6.01 Å². The Morgan fingerprint density at radius 3 is 2.33 bits per heavy atom. The number of hydrogen-bond donors (Lipinski definition) is 1. The maximum atomic E-state index is 12.1. The summed E-state index contributed by atoms with van der Waals surface area (Å²) < 4.78 is 5.90. The van der Waals surface area contributed by atoms with Crippen molar-refractivity contribution in [1.82, 2.24) is 25.3 Å². The standard InChI is InChI=1S/C17H21N5O2/c1-11-10-12(2)21-17(20-11)24-14-6-4-13(5-7-14)22-16(23)15-18-8-3-9-19-15/h3,8-10,13-14H,4-7H2,1-2H3,(H,22,23). The first-order valence-corrected chi connectivity index (χ1v) is 8.17. The molecule has 0 aromatic carbocycles. The molecule has 1 aliphatic rings. The molecule has 1 N–H and O–H groups in total. The predicted molar refractivity (Wildman–Crippen MR) is 87.7 cm³/mol. The van der Waals surface area contributed by atoms with Crippen LogP contribution in [0.3, 0.4) is 0 Å². The van der Waals surface area contributed by atoms with Gasteiger partial charge in [0, 0.05) is 29.8 Å². The maximum Gasteiger partial charge on any atom is 0.317 e. The van der Waals surface area contributed by atoms with Crippen molar-refractivity contribution in [2.75, 3.05) is 0 Å². The number of amides is 1. The second-order valence-electron chi connectivity index (χ2n) is 6.07. The molecule has 1 amide bonds. The molecular formula is C17H21N5O2. The second kappa shape index (κ2) is 7.33. The summed E-state index contributed by atoms with van der Waals surface area (Å²) in [5.41, 5.74) is 1.81. The summed E-state index contributed by atoms with van der Waals surface area (Å²) in [6.07, 6.45) is 6.65. The molecule has 1 saturated carbocycles. The lowest BCUT2D eigenvalue weighted by atomic mass is 9.93. The number of rotatable bonds is 4. The Bertz CT molecular complexity index is 679. The number of aromatic nitrogens is 4. The summed E-state index contributed by atoms with van der Waals surface area (Å²) in [5.74, 6) is -0.0166. The molecule has 3 rings (SSSR count). The average Bonchev–Trinajstić information content (AvgIpc) is 2.56. The molecule has 0 saturated heterocycles. The molecule has 7 nitrogen and oxygen atoms in total. The van der Waals surface area contributed by atoms with Crippen molar-refractivity contribution < 1.29 is 9.53 Å². The molecule has 1 fully saturated rings. The van der Waals surface area contributed by atoms with Crippen molar-refractivity contribution in [3.63, 3.8) is 0 Å². The number of nitrogens with zero attached hydrogens (tertiary/aromatic N) is 4. The van der Waals surface area contributed by atoms with Gasteiger partial charge < -0.3 is 10.1 Å². The highest BCUT2D eigenvalue weighted by atomic mass is 16.5. The Kier molecular flexibility index (Phi) is 4.98. The van der Waals surface area contributed by atoms with Gasteiger partial charge in [0.05, 0.1) is 0 Å². The highest BCUT2D eigenvalue weighted by Gasteiger charge is 2.25. The van der Waals surface area contributed by atoms with Crippen LogP contribution in [0.5, 0.6) is 6.01 Å². The van der Waals surface area contributed by atoms with Gasteiger partial charge in [-0.1, -0.05) is 0 Å². The fourth-order valence-electron chi connectivity index (χ4n) is 2.89. The lowest BCUT2D eigenvalue weighted by Gasteiger charge is -2.28. The Balaban J connectivity index is 1.50. The zero-order valence-corrected chi connectivity index (χ0v) is 13.9. The highest BCUT2D eigenvalue weighted by molar-refractivity contribution is 5.90. The van der Waals surface area contributed by atoms with E-state index < -0.39 is 0 Å². The van der Waals surface area contributed by atoms with Gasteiger partial charge in [0.25, 0.3) is 5.91 Å². The molecule has 0 bridgehead atoms. The number of hydrogen-bond acceptors (Lipinski definition) is 6. The third kappa shape index (κ3) is 4.24. The Morgan fingerprint density at radius 2 is 1.71 bits per heavy atom. The van der Waals surface area contributed by atoms with E-state index in [4.69, 9.17) is 4.74 Å². The van der Waals surface area contributed by atoms with Crippen LogP contribution >= 0.6 is 0 Å². The first-order chi connectivity index (χ1) is 11.6. The molecule has 2 heterocycles. The molecule has 1 aliphatic carbocycles. The maximum absolute atomic E-state index is 12.1. The fourth-order valence-corrected chi connectivity index (χ4v) is 2.89. The van der Waals surface area contributed by atoms with E-state index in [1.54, 1.807) is 18.5 Å². The SMILES string of the molecule is Cc1cc(C)nc(OC2CCC(NC(=O)c3ncccn3)CC2)n1. The number of carbonyl (C=O) groups is 1. The summed E-state index contributed by atoms with van der Waals surface area (Å²) in [6, 6.07) is 4.18. The summed E-state index contributed by atoms with van der Waals surface area (Å²) in [6.45, 7) is 3.86. The monoisotopic (exact) mass is 327 g/mol. The molecule has 126 valence electrons. The summed E-state index contributed by atoms with van der Waals surface area (Å²) in [7, 11) is 0. The predicted octanol–water partition coefficient (Wildman–Crippen LogP) is 2.00. The molecule has 0 aliphatic heterocycles. The summed E-state index contributed by atoms with van der Waals surface area (Å²) >= 11 is 0. The molecule has 7 heteroatoms. The molecule has 2 aromatic rings. The molecule has 0 unspecified atom stereocenters. The van der Waals surface area contributed by atoms with Crippen molar-refractivity contribution in [3.8, 4) is 6.01 Å². The van der Waals surface area contributed by atoms with Crippen molar-refractivity contribution in [2.45, 2.75) is 51.7 Å². The van der Waals surface area contributed by atoms with Crippen LogP contribution in [0.15, 0.2) is 24.5 Å². The molecule has 0 spiro atoms. The average molecular weight is 327 g/mol. The van der Waals surface area contributed by atoms with Gasteiger partial charge in [0.1, 0.15) is 6.10 Å². The van der Waals surface area contributed by atoms with Gasteiger partial charge in [-0.25, -0.2) is 19.9 Å². The number of ether oxygens (including phenoxy) is 1. The van der Waals surface area contributed by atoms with Gasteiger partial charge >= 0.3 is 6.01 Å². The summed E-state index contributed by atoms with van der Waals surface area (Å²) in [4.78, 5) is 28.6. The van der Waals surface area contributed by atoms with E-state index >= 15 is 0 Å². The van der Waals surface area contributed by atoms with Crippen molar-refractivity contribution in [2.24, 2.45) is 0 Å². The number of aryl methyl sites for hydroxylation is 2. The van der Waals surface area contributed by atoms with Crippen molar-refractivity contribution in [3.05, 3.63) is 41.7 Å². The Hall–Kier alpha value is -2.57. The Labute approximate surface area is 140 Å². The van der Waals surface area contributed by atoms with Crippen LogP contribution < -0.4 is 10.1 Å². The molecule has 0 atom stereocenters. The molecule has 24 heavy (non-hydrogen) atoms. The quantitative estimate of drug-likeness (QED) is 0.924. The Morgan fingerprint density at radius 1 is 1.08 bits per heavy atom. The lowest BCUT2D eigenvalue weighted by Crippen LogP contribution is -2.40. The third-order valence-corrected chi connectivity index (χ3v) is 4.01. The van der Waals surface area contributed by atoms with Gasteiger partial charge in [-0.3, -0.25) is 4.79 Å². The zero-order chi connectivity index (χ0) is 16.9. The third-order valence-electron chi connectivity index (χ3n) is 4.01. The molecule has 2 aromatic heterocycles. The lowest BCUT2D eigenvalue weighted by molar-refractivity contribution is 0.0874. The van der Waals surface area contributed by atoms with E-state index in [-0.39, 0.29) is 23.9 Å². The van der Waals surface area contributed by atoms with Crippen molar-refractivity contribution in [1.29, 1.82) is 0 Å². The first-order valence-electron chi connectivity index (χ1n) is 8.17. The highest BCUT2D eigenvalue weighted by Crippen LogP contribution is 2.22. The fraction of sp³-hybridized carbons (Fsp3) is 0.471. The second-order valence-corrected chi connectivity index (χ2v) is 6.07. The number of carbonyl (C=O) groups excluding carboxylic acids is 1. The van der Waals surface area contributed by atoms with Crippen LogP contribution in [0, 0.1) is 13.8 Å². The van der Waals surface area contributed by atoms with E-state index in [2.05, 4.69) is 25.3 Å². The van der Waals surface area contributed by atoms with Crippen LogP contribution in [-0.2, 0) is 0 Å². The van der Waals surface area contributed by atoms with Crippen LogP contribution in [0.1, 0.15) is 47.7 Å². The van der Waals surface area contributed by atoms with Crippen LogP contribution in [0.25, 0.3) is 0 Å². The normalized spacial score (nSPS) is 20.4. The molecular weight excluding hydrogens is 306 g/mol. The van der Waals surface area contributed by atoms with Crippen molar-refractivity contribution >= 4 is 5.91 Å².